The lowest BCUT2D eigenvalue weighted by Gasteiger charge is -2.18. The molecule has 102 valence electrons. The molecule has 1 heterocycles. The van der Waals surface area contributed by atoms with Gasteiger partial charge in [0, 0.05) is 22.7 Å². The Kier molecular flexibility index (Phi) is 3.57. The van der Waals surface area contributed by atoms with Crippen molar-refractivity contribution in [2.45, 2.75) is 26.7 Å². The van der Waals surface area contributed by atoms with Crippen LogP contribution in [0.5, 0.6) is 5.75 Å². The number of hydrazine groups is 1. The fourth-order valence-corrected chi connectivity index (χ4v) is 2.42. The number of nitrogens with two attached hydrogens (primary N) is 1. The van der Waals surface area contributed by atoms with Crippen molar-refractivity contribution in [3.05, 3.63) is 29.2 Å². The molecule has 0 spiro atoms. The van der Waals surface area contributed by atoms with E-state index in [-0.39, 0.29) is 11.7 Å². The summed E-state index contributed by atoms with van der Waals surface area (Å²) < 4.78 is 18.7. The second kappa shape index (κ2) is 5.01. The van der Waals surface area contributed by atoms with Gasteiger partial charge >= 0.3 is 0 Å². The largest absolute Gasteiger partial charge is 0.494 e. The van der Waals surface area contributed by atoms with Gasteiger partial charge < -0.3 is 10.2 Å². The molecule has 1 aromatic heterocycles. The van der Waals surface area contributed by atoms with Crippen LogP contribution in [0.2, 0.25) is 0 Å². The number of aryl methyl sites for hydroxylation is 1. The van der Waals surface area contributed by atoms with E-state index >= 15 is 0 Å². The molecule has 1 aromatic carbocycles. The Labute approximate surface area is 111 Å². The third-order valence-electron chi connectivity index (χ3n) is 3.21. The van der Waals surface area contributed by atoms with Crippen LogP contribution in [0.1, 0.15) is 31.0 Å². The van der Waals surface area contributed by atoms with Gasteiger partial charge in [-0.1, -0.05) is 13.8 Å². The Morgan fingerprint density at radius 3 is 2.58 bits per heavy atom. The van der Waals surface area contributed by atoms with Crippen molar-refractivity contribution >= 4 is 16.6 Å². The second-order valence-corrected chi connectivity index (χ2v) is 4.79. The highest BCUT2D eigenvalue weighted by Gasteiger charge is 2.17. The predicted molar refractivity (Wildman–Crippen MR) is 74.9 cm³/mol. The van der Waals surface area contributed by atoms with Crippen LogP contribution in [0.4, 0.5) is 10.1 Å². The summed E-state index contributed by atoms with van der Waals surface area (Å²) in [6, 6.07) is 2.99. The fraction of sp³-hybridized carbons (Fsp3) is 0.357. The number of nitrogens with one attached hydrogen (secondary N) is 1. The van der Waals surface area contributed by atoms with Gasteiger partial charge in [0.1, 0.15) is 0 Å². The van der Waals surface area contributed by atoms with Crippen LogP contribution in [-0.4, -0.2) is 12.1 Å². The lowest BCUT2D eigenvalue weighted by Crippen LogP contribution is -2.12. The molecule has 2 rings (SSSR count). The number of anilines is 1. The molecule has 19 heavy (non-hydrogen) atoms. The van der Waals surface area contributed by atoms with Gasteiger partial charge in [-0.3, -0.25) is 10.8 Å². The number of pyridine rings is 1. The topological polar surface area (TPSA) is 60.2 Å². The summed E-state index contributed by atoms with van der Waals surface area (Å²) >= 11 is 0. The van der Waals surface area contributed by atoms with Gasteiger partial charge in [-0.2, -0.15) is 0 Å². The molecule has 2 aromatic rings. The van der Waals surface area contributed by atoms with Crippen LogP contribution in [-0.2, 0) is 0 Å². The van der Waals surface area contributed by atoms with E-state index in [1.165, 1.54) is 13.2 Å². The molecule has 3 N–H and O–H groups in total. The maximum absolute atomic E-state index is 13.7. The summed E-state index contributed by atoms with van der Waals surface area (Å²) in [6.07, 6.45) is 0. The Morgan fingerprint density at radius 1 is 1.37 bits per heavy atom. The predicted octanol–water partition coefficient (Wildman–Crippen LogP) is 3.10. The summed E-state index contributed by atoms with van der Waals surface area (Å²) in [5.41, 5.74) is 5.93. The quantitative estimate of drug-likeness (QED) is 0.660. The highest BCUT2D eigenvalue weighted by Crippen LogP contribution is 2.35. The molecule has 0 radical (unpaired) electrons. The molecule has 0 saturated heterocycles. The van der Waals surface area contributed by atoms with Gasteiger partial charge in [0.2, 0.25) is 0 Å². The minimum Gasteiger partial charge on any atom is -0.494 e. The third kappa shape index (κ3) is 2.21. The maximum atomic E-state index is 13.7. The van der Waals surface area contributed by atoms with Crippen molar-refractivity contribution in [1.29, 1.82) is 0 Å². The lowest BCUT2D eigenvalue weighted by atomic mass is 9.97. The van der Waals surface area contributed by atoms with E-state index in [2.05, 4.69) is 24.3 Å². The molecular weight excluding hydrogens is 245 g/mol. The number of fused-ring (bicyclic) bond motifs is 1. The first-order chi connectivity index (χ1) is 8.99. The number of benzene rings is 1. The Morgan fingerprint density at radius 2 is 2.05 bits per heavy atom. The fourth-order valence-electron chi connectivity index (χ4n) is 2.42. The molecule has 0 atom stereocenters. The number of nitrogen functional groups attached to an aromatic ring is 1. The van der Waals surface area contributed by atoms with Crippen LogP contribution in [0.15, 0.2) is 12.1 Å². The van der Waals surface area contributed by atoms with Crippen LogP contribution in [0.3, 0.4) is 0 Å². The molecule has 0 aliphatic carbocycles. The minimum atomic E-state index is -0.429. The SMILES string of the molecule is COc1cc2c(NN)c(C(C)C)c(C)nc2cc1F. The molecule has 0 saturated carbocycles. The number of rotatable bonds is 3. The summed E-state index contributed by atoms with van der Waals surface area (Å²) in [7, 11) is 1.44. The summed E-state index contributed by atoms with van der Waals surface area (Å²) in [5.74, 6) is 5.66. The molecule has 0 unspecified atom stereocenters. The molecule has 0 aliphatic rings. The van der Waals surface area contributed by atoms with Crippen LogP contribution < -0.4 is 16.0 Å². The Bertz CT molecular complexity index is 626. The highest BCUT2D eigenvalue weighted by molar-refractivity contribution is 5.94. The van der Waals surface area contributed by atoms with E-state index in [1.807, 2.05) is 6.92 Å². The van der Waals surface area contributed by atoms with Crippen molar-refractivity contribution in [1.82, 2.24) is 4.98 Å². The number of nitrogens with zero attached hydrogens (tertiary/aromatic N) is 1. The zero-order chi connectivity index (χ0) is 14.2. The van der Waals surface area contributed by atoms with Gasteiger partial charge in [0.15, 0.2) is 11.6 Å². The van der Waals surface area contributed by atoms with Gasteiger partial charge in [-0.25, -0.2) is 4.39 Å². The van der Waals surface area contributed by atoms with Gasteiger partial charge in [0.05, 0.1) is 18.3 Å². The minimum absolute atomic E-state index is 0.185. The molecule has 0 bridgehead atoms. The number of ether oxygens (including phenoxy) is 1. The molecule has 5 heteroatoms. The lowest BCUT2D eigenvalue weighted by molar-refractivity contribution is 0.387. The van der Waals surface area contributed by atoms with Crippen LogP contribution in [0.25, 0.3) is 10.9 Å². The van der Waals surface area contributed by atoms with E-state index in [0.29, 0.717) is 5.52 Å². The average molecular weight is 263 g/mol. The highest BCUT2D eigenvalue weighted by atomic mass is 19.1. The first-order valence-electron chi connectivity index (χ1n) is 6.14. The van der Waals surface area contributed by atoms with Gasteiger partial charge in [0.25, 0.3) is 0 Å². The summed E-state index contributed by atoms with van der Waals surface area (Å²) in [5, 5.41) is 0.759. The van der Waals surface area contributed by atoms with E-state index in [9.17, 15) is 4.39 Å². The molecule has 0 aliphatic heterocycles. The van der Waals surface area contributed by atoms with E-state index in [1.54, 1.807) is 6.07 Å². The van der Waals surface area contributed by atoms with Crippen molar-refractivity contribution in [2.24, 2.45) is 5.84 Å². The van der Waals surface area contributed by atoms with E-state index in [4.69, 9.17) is 10.6 Å². The number of hydrogen-bond donors (Lipinski definition) is 2. The number of methoxy groups -OCH3 is 1. The molecule has 0 amide bonds. The zero-order valence-electron chi connectivity index (χ0n) is 11.5. The maximum Gasteiger partial charge on any atom is 0.167 e. The van der Waals surface area contributed by atoms with Crippen LogP contribution in [0, 0.1) is 12.7 Å². The van der Waals surface area contributed by atoms with Crippen LogP contribution >= 0.6 is 0 Å². The number of aromatic nitrogens is 1. The number of hydrogen-bond acceptors (Lipinski definition) is 4. The summed E-state index contributed by atoms with van der Waals surface area (Å²) in [6.45, 7) is 6.03. The molecular formula is C14H18FN3O. The van der Waals surface area contributed by atoms with Crippen molar-refractivity contribution in [2.75, 3.05) is 12.5 Å². The monoisotopic (exact) mass is 263 g/mol. The molecule has 4 nitrogen and oxygen atoms in total. The van der Waals surface area contributed by atoms with Crippen molar-refractivity contribution in [3.63, 3.8) is 0 Å². The smallest absolute Gasteiger partial charge is 0.167 e. The second-order valence-electron chi connectivity index (χ2n) is 4.79. The van der Waals surface area contributed by atoms with Gasteiger partial charge in [-0.15, -0.1) is 0 Å². The van der Waals surface area contributed by atoms with Gasteiger partial charge in [-0.05, 0) is 18.9 Å². The number of halogens is 1. The molecule has 0 fully saturated rings. The summed E-state index contributed by atoms with van der Waals surface area (Å²) in [4.78, 5) is 4.45. The Hall–Kier alpha value is -1.88. The Balaban J connectivity index is 2.87. The van der Waals surface area contributed by atoms with E-state index in [0.717, 1.165) is 22.3 Å². The third-order valence-corrected chi connectivity index (χ3v) is 3.21. The standard InChI is InChI=1S/C14H18FN3O/c1-7(2)13-8(3)17-11-6-10(15)12(19-4)5-9(11)14(13)18-16/h5-7H,16H2,1-4H3,(H,17,18). The zero-order valence-corrected chi connectivity index (χ0v) is 11.5. The van der Waals surface area contributed by atoms with Crippen molar-refractivity contribution < 1.29 is 9.13 Å². The normalized spacial score (nSPS) is 11.1. The average Bonchev–Trinajstić information content (AvgIpc) is 2.35. The first kappa shape index (κ1) is 13.5. The first-order valence-corrected chi connectivity index (χ1v) is 6.14. The van der Waals surface area contributed by atoms with E-state index < -0.39 is 5.82 Å². The van der Waals surface area contributed by atoms with Crippen molar-refractivity contribution in [3.8, 4) is 5.75 Å².